The van der Waals surface area contributed by atoms with Gasteiger partial charge in [0.25, 0.3) is 5.91 Å². The minimum absolute atomic E-state index is 0.0984. The first kappa shape index (κ1) is 15.7. The number of carbonyl (C=O) groups excluding carboxylic acids is 1. The van der Waals surface area contributed by atoms with Gasteiger partial charge in [-0.25, -0.2) is 0 Å². The summed E-state index contributed by atoms with van der Waals surface area (Å²) in [6, 6.07) is 7.67. The van der Waals surface area contributed by atoms with E-state index in [2.05, 4.69) is 0 Å². The maximum Gasteiger partial charge on any atom is 0.254 e. The normalized spacial score (nSPS) is 18.5. The maximum absolute atomic E-state index is 12.3. The number of aliphatic hydroxyl groups excluding tert-OH is 1. The lowest BCUT2D eigenvalue weighted by Gasteiger charge is -2.32. The number of hydrogen-bond donors (Lipinski definition) is 1. The van der Waals surface area contributed by atoms with Gasteiger partial charge in [0.1, 0.15) is 0 Å². The van der Waals surface area contributed by atoms with Crippen molar-refractivity contribution in [3.63, 3.8) is 0 Å². The van der Waals surface area contributed by atoms with Crippen molar-refractivity contribution < 1.29 is 9.90 Å². The standard InChI is InChI=1S/C14H19NO2.C2H6/c1-11-5-2-3-7-13(11)14(17)15-8-4-6-12(9-15)10-16;1-2/h2-3,5,7,12,16H,4,6,8-10H2,1H3;1-2H3. The summed E-state index contributed by atoms with van der Waals surface area (Å²) < 4.78 is 0. The van der Waals surface area contributed by atoms with Crippen LogP contribution in [0.25, 0.3) is 0 Å². The number of amides is 1. The summed E-state index contributed by atoms with van der Waals surface area (Å²) in [5.74, 6) is 0.345. The van der Waals surface area contributed by atoms with Gasteiger partial charge in [-0.2, -0.15) is 0 Å². The number of aryl methyl sites for hydroxylation is 1. The highest BCUT2D eigenvalue weighted by atomic mass is 16.3. The van der Waals surface area contributed by atoms with Gasteiger partial charge in [-0.15, -0.1) is 0 Å². The number of rotatable bonds is 2. The van der Waals surface area contributed by atoms with Crippen molar-refractivity contribution in [3.05, 3.63) is 35.4 Å². The van der Waals surface area contributed by atoms with E-state index < -0.39 is 0 Å². The SMILES string of the molecule is CC.Cc1ccccc1C(=O)N1CCCC(CO)C1. The summed E-state index contributed by atoms with van der Waals surface area (Å²) in [6.07, 6.45) is 2.01. The van der Waals surface area contributed by atoms with Crippen molar-refractivity contribution >= 4 is 5.91 Å². The quantitative estimate of drug-likeness (QED) is 0.891. The van der Waals surface area contributed by atoms with Gasteiger partial charge in [0.15, 0.2) is 0 Å². The fraction of sp³-hybridized carbons (Fsp3) is 0.562. The molecule has 1 aromatic carbocycles. The second-order valence-corrected chi connectivity index (χ2v) is 4.76. The first-order valence-electron chi connectivity index (χ1n) is 7.18. The molecule has 1 aliphatic heterocycles. The molecule has 0 spiro atoms. The Morgan fingerprint density at radius 1 is 1.37 bits per heavy atom. The van der Waals surface area contributed by atoms with Gasteiger partial charge < -0.3 is 10.0 Å². The molecule has 1 heterocycles. The zero-order chi connectivity index (χ0) is 14.3. The molecule has 1 amide bonds. The summed E-state index contributed by atoms with van der Waals surface area (Å²) in [7, 11) is 0. The Bertz CT molecular complexity index is 403. The van der Waals surface area contributed by atoms with Gasteiger partial charge in [0.05, 0.1) is 0 Å². The van der Waals surface area contributed by atoms with Crippen LogP contribution < -0.4 is 0 Å². The summed E-state index contributed by atoms with van der Waals surface area (Å²) in [6.45, 7) is 7.63. The molecule has 0 bridgehead atoms. The Morgan fingerprint density at radius 2 is 2.05 bits per heavy atom. The highest BCUT2D eigenvalue weighted by molar-refractivity contribution is 5.95. The van der Waals surface area contributed by atoms with E-state index in [0.717, 1.165) is 30.5 Å². The zero-order valence-electron chi connectivity index (χ0n) is 12.2. The Hall–Kier alpha value is -1.35. The topological polar surface area (TPSA) is 40.5 Å². The molecule has 1 aromatic rings. The minimum atomic E-state index is 0.0984. The van der Waals surface area contributed by atoms with E-state index in [4.69, 9.17) is 0 Å². The van der Waals surface area contributed by atoms with E-state index in [1.54, 1.807) is 0 Å². The van der Waals surface area contributed by atoms with Gasteiger partial charge in [-0.3, -0.25) is 4.79 Å². The third-order valence-electron chi connectivity index (χ3n) is 3.44. The van der Waals surface area contributed by atoms with Gasteiger partial charge in [0.2, 0.25) is 0 Å². The van der Waals surface area contributed by atoms with Crippen molar-refractivity contribution in [1.29, 1.82) is 0 Å². The van der Waals surface area contributed by atoms with Crippen molar-refractivity contribution in [2.45, 2.75) is 33.6 Å². The van der Waals surface area contributed by atoms with Gasteiger partial charge in [-0.05, 0) is 37.3 Å². The van der Waals surface area contributed by atoms with Crippen LogP contribution >= 0.6 is 0 Å². The molecular weight excluding hydrogens is 238 g/mol. The predicted molar refractivity (Wildman–Crippen MR) is 78.2 cm³/mol. The maximum atomic E-state index is 12.3. The Morgan fingerprint density at radius 3 is 2.68 bits per heavy atom. The van der Waals surface area contributed by atoms with Crippen molar-refractivity contribution in [2.24, 2.45) is 5.92 Å². The van der Waals surface area contributed by atoms with Gasteiger partial charge in [-0.1, -0.05) is 32.0 Å². The summed E-state index contributed by atoms with van der Waals surface area (Å²) in [5.41, 5.74) is 1.80. The van der Waals surface area contributed by atoms with E-state index in [0.29, 0.717) is 6.54 Å². The molecule has 0 saturated carbocycles. The monoisotopic (exact) mass is 263 g/mol. The second kappa shape index (κ2) is 7.95. The van der Waals surface area contributed by atoms with E-state index in [-0.39, 0.29) is 18.4 Å². The van der Waals surface area contributed by atoms with Crippen LogP contribution in [0.15, 0.2) is 24.3 Å². The van der Waals surface area contributed by atoms with Crippen LogP contribution in [0.3, 0.4) is 0 Å². The molecule has 3 nitrogen and oxygen atoms in total. The molecule has 106 valence electrons. The van der Waals surface area contributed by atoms with Crippen LogP contribution in [0, 0.1) is 12.8 Å². The number of likely N-dealkylation sites (tertiary alicyclic amines) is 1. The van der Waals surface area contributed by atoms with Crippen molar-refractivity contribution in [2.75, 3.05) is 19.7 Å². The highest BCUT2D eigenvalue weighted by Gasteiger charge is 2.24. The van der Waals surface area contributed by atoms with E-state index in [9.17, 15) is 9.90 Å². The van der Waals surface area contributed by atoms with E-state index >= 15 is 0 Å². The third kappa shape index (κ3) is 4.06. The Balaban J connectivity index is 0.000000861. The zero-order valence-corrected chi connectivity index (χ0v) is 12.2. The molecule has 1 aliphatic rings. The smallest absolute Gasteiger partial charge is 0.254 e. The van der Waals surface area contributed by atoms with Crippen molar-refractivity contribution in [1.82, 2.24) is 4.90 Å². The predicted octanol–water partition coefficient (Wildman–Crippen LogP) is 2.87. The van der Waals surface area contributed by atoms with Crippen LogP contribution in [0.4, 0.5) is 0 Å². The average molecular weight is 263 g/mol. The second-order valence-electron chi connectivity index (χ2n) is 4.76. The molecular formula is C16H25NO2. The molecule has 19 heavy (non-hydrogen) atoms. The largest absolute Gasteiger partial charge is 0.396 e. The van der Waals surface area contributed by atoms with Crippen LogP contribution in [0.2, 0.25) is 0 Å². The highest BCUT2D eigenvalue weighted by Crippen LogP contribution is 2.19. The summed E-state index contributed by atoms with van der Waals surface area (Å²) in [5, 5.41) is 9.18. The van der Waals surface area contributed by atoms with Gasteiger partial charge >= 0.3 is 0 Å². The van der Waals surface area contributed by atoms with Crippen molar-refractivity contribution in [3.8, 4) is 0 Å². The number of carbonyl (C=O) groups is 1. The molecule has 1 fully saturated rings. The fourth-order valence-electron chi connectivity index (χ4n) is 2.38. The first-order chi connectivity index (χ1) is 9.22. The van der Waals surface area contributed by atoms with Crippen LogP contribution in [0.5, 0.6) is 0 Å². The van der Waals surface area contributed by atoms with E-state index in [1.165, 1.54) is 0 Å². The summed E-state index contributed by atoms with van der Waals surface area (Å²) >= 11 is 0. The summed E-state index contributed by atoms with van der Waals surface area (Å²) in [4.78, 5) is 14.2. The van der Waals surface area contributed by atoms with Crippen LogP contribution in [-0.4, -0.2) is 35.6 Å². The lowest BCUT2D eigenvalue weighted by molar-refractivity contribution is 0.0620. The van der Waals surface area contributed by atoms with Gasteiger partial charge in [0, 0.05) is 25.3 Å². The van der Waals surface area contributed by atoms with E-state index in [1.807, 2.05) is 49.9 Å². The molecule has 1 saturated heterocycles. The van der Waals surface area contributed by atoms with Crippen LogP contribution in [0.1, 0.15) is 42.6 Å². The molecule has 1 N–H and O–H groups in total. The fourth-order valence-corrected chi connectivity index (χ4v) is 2.38. The Labute approximate surface area is 116 Å². The minimum Gasteiger partial charge on any atom is -0.396 e. The number of benzene rings is 1. The molecule has 1 atom stereocenters. The molecule has 1 unspecified atom stereocenters. The molecule has 0 aromatic heterocycles. The average Bonchev–Trinajstić information content (AvgIpc) is 2.49. The Kier molecular flexibility index (Phi) is 6.57. The number of nitrogens with zero attached hydrogens (tertiary/aromatic N) is 1. The molecule has 0 radical (unpaired) electrons. The van der Waals surface area contributed by atoms with Crippen LogP contribution in [-0.2, 0) is 0 Å². The lowest BCUT2D eigenvalue weighted by atomic mass is 9.97. The number of piperidine rings is 1. The third-order valence-corrected chi connectivity index (χ3v) is 3.44. The molecule has 0 aliphatic carbocycles. The lowest BCUT2D eigenvalue weighted by Crippen LogP contribution is -2.41. The molecule has 3 heteroatoms. The molecule has 2 rings (SSSR count). The number of hydrogen-bond acceptors (Lipinski definition) is 2. The number of aliphatic hydroxyl groups is 1. The first-order valence-corrected chi connectivity index (χ1v) is 7.18.